The first-order chi connectivity index (χ1) is 7.81. The number of rotatable bonds is 1. The molecule has 0 atom stereocenters. The molecule has 2 aromatic heterocycles. The number of aromatic nitrogens is 4. The van der Waals surface area contributed by atoms with Crippen LogP contribution in [0.1, 0.15) is 11.5 Å². The van der Waals surface area contributed by atoms with Crippen LogP contribution in [0.5, 0.6) is 0 Å². The first-order valence-electron chi connectivity index (χ1n) is 5.10. The first-order valence-corrected chi connectivity index (χ1v) is 5.10. The zero-order valence-electron chi connectivity index (χ0n) is 8.88. The molecule has 16 heavy (non-hydrogen) atoms. The fourth-order valence-electron chi connectivity index (χ4n) is 1.91. The second-order valence-electron chi connectivity index (χ2n) is 3.67. The maximum Gasteiger partial charge on any atom is 0.182 e. The van der Waals surface area contributed by atoms with Crippen LogP contribution in [0.3, 0.4) is 0 Å². The maximum absolute atomic E-state index is 5.66. The van der Waals surface area contributed by atoms with Gasteiger partial charge in [-0.25, -0.2) is 4.98 Å². The third kappa shape index (κ3) is 1.12. The van der Waals surface area contributed by atoms with E-state index in [-0.39, 0.29) is 0 Å². The van der Waals surface area contributed by atoms with Crippen molar-refractivity contribution in [3.63, 3.8) is 0 Å². The Morgan fingerprint density at radius 2 is 2.06 bits per heavy atom. The highest BCUT2D eigenvalue weighted by Crippen LogP contribution is 2.17. The molecule has 3 aromatic rings. The molecule has 0 unspecified atom stereocenters. The van der Waals surface area contributed by atoms with Gasteiger partial charge >= 0.3 is 0 Å². The highest BCUT2D eigenvalue weighted by Gasteiger charge is 2.10. The number of hydrogen-bond acceptors (Lipinski definition) is 4. The Balaban J connectivity index is 2.59. The molecule has 0 fully saturated rings. The SMILES string of the molecule is Cc1nc2ccccc2n2c(CN)nnc12. The van der Waals surface area contributed by atoms with Crippen molar-refractivity contribution in [1.82, 2.24) is 19.6 Å². The minimum absolute atomic E-state index is 0.370. The summed E-state index contributed by atoms with van der Waals surface area (Å²) >= 11 is 0. The Labute approximate surface area is 91.9 Å². The van der Waals surface area contributed by atoms with E-state index in [1.165, 1.54) is 0 Å². The second-order valence-corrected chi connectivity index (χ2v) is 3.67. The van der Waals surface area contributed by atoms with E-state index in [4.69, 9.17) is 5.73 Å². The lowest BCUT2D eigenvalue weighted by Gasteiger charge is -2.04. The van der Waals surface area contributed by atoms with Crippen molar-refractivity contribution < 1.29 is 0 Å². The summed E-state index contributed by atoms with van der Waals surface area (Å²) < 4.78 is 1.97. The highest BCUT2D eigenvalue weighted by molar-refractivity contribution is 5.78. The molecule has 0 aliphatic carbocycles. The van der Waals surface area contributed by atoms with Crippen molar-refractivity contribution in [2.45, 2.75) is 13.5 Å². The molecule has 0 radical (unpaired) electrons. The predicted molar refractivity (Wildman–Crippen MR) is 60.9 cm³/mol. The molecule has 0 saturated carbocycles. The van der Waals surface area contributed by atoms with Crippen molar-refractivity contribution in [2.24, 2.45) is 5.73 Å². The smallest absolute Gasteiger partial charge is 0.182 e. The van der Waals surface area contributed by atoms with Gasteiger partial charge in [-0.15, -0.1) is 10.2 Å². The highest BCUT2D eigenvalue weighted by atomic mass is 15.3. The van der Waals surface area contributed by atoms with Gasteiger partial charge in [0.1, 0.15) is 0 Å². The molecule has 0 aliphatic heterocycles. The lowest BCUT2D eigenvalue weighted by atomic mass is 10.3. The van der Waals surface area contributed by atoms with Gasteiger partial charge in [0.2, 0.25) is 0 Å². The van der Waals surface area contributed by atoms with Crippen LogP contribution in [0.4, 0.5) is 0 Å². The zero-order chi connectivity index (χ0) is 11.1. The molecule has 2 N–H and O–H groups in total. The van der Waals surface area contributed by atoms with Gasteiger partial charge in [-0.2, -0.15) is 0 Å². The van der Waals surface area contributed by atoms with Crippen LogP contribution in [0.25, 0.3) is 16.7 Å². The monoisotopic (exact) mass is 213 g/mol. The van der Waals surface area contributed by atoms with Crippen molar-refractivity contribution in [1.29, 1.82) is 0 Å². The Bertz CT molecular complexity index is 670. The number of nitrogens with two attached hydrogens (primary N) is 1. The lowest BCUT2D eigenvalue weighted by Crippen LogP contribution is -2.04. The number of nitrogens with zero attached hydrogens (tertiary/aromatic N) is 4. The summed E-state index contributed by atoms with van der Waals surface area (Å²) in [5.41, 5.74) is 9.23. The summed E-state index contributed by atoms with van der Waals surface area (Å²) in [7, 11) is 0. The van der Waals surface area contributed by atoms with Crippen LogP contribution in [0, 0.1) is 6.92 Å². The average molecular weight is 213 g/mol. The molecule has 0 spiro atoms. The number of benzene rings is 1. The van der Waals surface area contributed by atoms with E-state index in [9.17, 15) is 0 Å². The van der Waals surface area contributed by atoms with Gasteiger partial charge in [-0.1, -0.05) is 12.1 Å². The molecule has 0 bridgehead atoms. The Morgan fingerprint density at radius 3 is 2.88 bits per heavy atom. The van der Waals surface area contributed by atoms with Gasteiger partial charge in [0.05, 0.1) is 23.3 Å². The van der Waals surface area contributed by atoms with Crippen molar-refractivity contribution in [3.8, 4) is 0 Å². The van der Waals surface area contributed by atoms with Gasteiger partial charge in [-0.3, -0.25) is 4.40 Å². The van der Waals surface area contributed by atoms with Crippen LogP contribution in [-0.2, 0) is 6.54 Å². The minimum Gasteiger partial charge on any atom is -0.324 e. The van der Waals surface area contributed by atoms with E-state index in [2.05, 4.69) is 15.2 Å². The average Bonchev–Trinajstić information content (AvgIpc) is 2.74. The molecule has 0 aliphatic rings. The van der Waals surface area contributed by atoms with E-state index in [1.54, 1.807) is 0 Å². The van der Waals surface area contributed by atoms with E-state index in [0.29, 0.717) is 6.54 Å². The molecular weight excluding hydrogens is 202 g/mol. The first kappa shape index (κ1) is 9.23. The molecular formula is C11H11N5. The normalized spacial score (nSPS) is 11.4. The van der Waals surface area contributed by atoms with E-state index in [1.807, 2.05) is 35.6 Å². The number of aryl methyl sites for hydroxylation is 1. The van der Waals surface area contributed by atoms with Gasteiger partial charge in [0.15, 0.2) is 11.5 Å². The van der Waals surface area contributed by atoms with E-state index >= 15 is 0 Å². The maximum atomic E-state index is 5.66. The molecule has 2 heterocycles. The molecule has 0 saturated heterocycles. The molecule has 0 amide bonds. The summed E-state index contributed by atoms with van der Waals surface area (Å²) in [6, 6.07) is 7.91. The number of fused-ring (bicyclic) bond motifs is 3. The topological polar surface area (TPSA) is 69.1 Å². The summed E-state index contributed by atoms with van der Waals surface area (Å²) in [5, 5.41) is 8.18. The van der Waals surface area contributed by atoms with Crippen LogP contribution in [-0.4, -0.2) is 19.6 Å². The summed E-state index contributed by atoms with van der Waals surface area (Å²) in [4.78, 5) is 4.49. The summed E-state index contributed by atoms with van der Waals surface area (Å²) in [6.07, 6.45) is 0. The molecule has 1 aromatic carbocycles. The summed E-state index contributed by atoms with van der Waals surface area (Å²) in [5.74, 6) is 0.761. The van der Waals surface area contributed by atoms with Crippen LogP contribution in [0.2, 0.25) is 0 Å². The molecule has 5 heteroatoms. The largest absolute Gasteiger partial charge is 0.324 e. The fraction of sp³-hybridized carbons (Fsp3) is 0.182. The third-order valence-corrected chi connectivity index (χ3v) is 2.65. The summed E-state index contributed by atoms with van der Waals surface area (Å²) in [6.45, 7) is 2.30. The van der Waals surface area contributed by atoms with Crippen molar-refractivity contribution in [2.75, 3.05) is 0 Å². The van der Waals surface area contributed by atoms with Gasteiger partial charge in [0, 0.05) is 0 Å². The number of para-hydroxylation sites is 2. The fourth-order valence-corrected chi connectivity index (χ4v) is 1.91. The van der Waals surface area contributed by atoms with E-state index in [0.717, 1.165) is 28.2 Å². The Kier molecular flexibility index (Phi) is 1.87. The second kappa shape index (κ2) is 3.24. The lowest BCUT2D eigenvalue weighted by molar-refractivity contribution is 0.893. The molecule has 3 rings (SSSR count). The minimum atomic E-state index is 0.370. The number of hydrogen-bond donors (Lipinski definition) is 1. The van der Waals surface area contributed by atoms with Crippen molar-refractivity contribution >= 4 is 16.7 Å². The van der Waals surface area contributed by atoms with Gasteiger partial charge < -0.3 is 5.73 Å². The predicted octanol–water partition coefficient (Wildman–Crippen LogP) is 1.04. The molecule has 5 nitrogen and oxygen atoms in total. The Hall–Kier alpha value is -2.01. The van der Waals surface area contributed by atoms with Gasteiger partial charge in [-0.05, 0) is 19.1 Å². The van der Waals surface area contributed by atoms with E-state index < -0.39 is 0 Å². The molecule has 80 valence electrons. The Morgan fingerprint density at radius 1 is 1.25 bits per heavy atom. The van der Waals surface area contributed by atoms with Crippen LogP contribution >= 0.6 is 0 Å². The quantitative estimate of drug-likeness (QED) is 0.655. The van der Waals surface area contributed by atoms with Gasteiger partial charge in [0.25, 0.3) is 0 Å². The van der Waals surface area contributed by atoms with Crippen molar-refractivity contribution in [3.05, 3.63) is 35.8 Å². The zero-order valence-corrected chi connectivity index (χ0v) is 8.88. The van der Waals surface area contributed by atoms with Crippen LogP contribution < -0.4 is 5.73 Å². The third-order valence-electron chi connectivity index (χ3n) is 2.65. The van der Waals surface area contributed by atoms with Crippen LogP contribution in [0.15, 0.2) is 24.3 Å². The standard InChI is InChI=1S/C11H11N5/c1-7-11-15-14-10(6-12)16(11)9-5-3-2-4-8(9)13-7/h2-5H,6,12H2,1H3.